The molecule has 1 N–H and O–H groups in total. The fraction of sp³-hybridized carbons (Fsp3) is 0.316. The Labute approximate surface area is 141 Å². The number of nitrogens with zero attached hydrogens (tertiary/aromatic N) is 1. The highest BCUT2D eigenvalue weighted by atomic mass is 19.1. The number of aliphatic hydroxyl groups excluding tert-OH is 1. The van der Waals surface area contributed by atoms with Gasteiger partial charge in [-0.3, -0.25) is 4.79 Å². The van der Waals surface area contributed by atoms with Crippen molar-refractivity contribution in [2.45, 2.75) is 19.6 Å². The van der Waals surface area contributed by atoms with Crippen LogP contribution >= 0.6 is 0 Å². The molecule has 24 heavy (non-hydrogen) atoms. The number of hydrogen-bond donors (Lipinski definition) is 1. The molecule has 0 saturated carbocycles. The number of aryl methyl sites for hydroxylation is 1. The van der Waals surface area contributed by atoms with Gasteiger partial charge in [-0.2, -0.15) is 0 Å². The van der Waals surface area contributed by atoms with Crippen LogP contribution in [0.4, 0.5) is 4.39 Å². The first-order valence-corrected chi connectivity index (χ1v) is 7.78. The first-order valence-electron chi connectivity index (χ1n) is 7.78. The zero-order valence-electron chi connectivity index (χ0n) is 13.9. The van der Waals surface area contributed by atoms with E-state index in [9.17, 15) is 14.3 Å². The van der Waals surface area contributed by atoms with Crippen molar-refractivity contribution >= 4 is 5.91 Å². The van der Waals surface area contributed by atoms with Gasteiger partial charge in [0.1, 0.15) is 5.82 Å². The van der Waals surface area contributed by atoms with Crippen LogP contribution in [0.3, 0.4) is 0 Å². The average Bonchev–Trinajstić information content (AvgIpc) is 2.55. The van der Waals surface area contributed by atoms with Crippen LogP contribution < -0.4 is 0 Å². The third kappa shape index (κ3) is 5.15. The van der Waals surface area contributed by atoms with Gasteiger partial charge in [0.05, 0.1) is 24.9 Å². The topological polar surface area (TPSA) is 49.8 Å². The van der Waals surface area contributed by atoms with E-state index in [2.05, 4.69) is 0 Å². The van der Waals surface area contributed by atoms with Crippen LogP contribution in [0.25, 0.3) is 0 Å². The second-order valence-electron chi connectivity index (χ2n) is 5.82. The lowest BCUT2D eigenvalue weighted by atomic mass is 10.1. The van der Waals surface area contributed by atoms with Crippen molar-refractivity contribution in [3.63, 3.8) is 0 Å². The third-order valence-electron chi connectivity index (χ3n) is 3.61. The summed E-state index contributed by atoms with van der Waals surface area (Å²) in [5.74, 6) is -1.02. The Morgan fingerprint density at radius 2 is 1.96 bits per heavy atom. The van der Waals surface area contributed by atoms with Crippen LogP contribution in [0.2, 0.25) is 0 Å². The molecule has 0 saturated heterocycles. The summed E-state index contributed by atoms with van der Waals surface area (Å²) >= 11 is 0. The molecule has 4 nitrogen and oxygen atoms in total. The summed E-state index contributed by atoms with van der Waals surface area (Å²) in [4.78, 5) is 13.5. The normalized spacial score (nSPS) is 12.0. The molecule has 1 atom stereocenters. The number of hydrogen-bond acceptors (Lipinski definition) is 3. The van der Waals surface area contributed by atoms with E-state index in [0.29, 0.717) is 6.61 Å². The molecule has 128 valence electrons. The number of halogens is 1. The molecular weight excluding hydrogens is 309 g/mol. The number of amides is 1. The summed E-state index contributed by atoms with van der Waals surface area (Å²) in [6, 6.07) is 14.1. The Morgan fingerprint density at radius 3 is 2.62 bits per heavy atom. The maximum atomic E-state index is 13.9. The molecule has 0 bridgehead atoms. The van der Waals surface area contributed by atoms with E-state index in [1.165, 1.54) is 24.1 Å². The Morgan fingerprint density at radius 1 is 1.25 bits per heavy atom. The molecule has 1 unspecified atom stereocenters. The summed E-state index contributed by atoms with van der Waals surface area (Å²) in [6.07, 6.45) is -0.837. The Bertz CT molecular complexity index is 676. The van der Waals surface area contributed by atoms with Gasteiger partial charge < -0.3 is 14.7 Å². The van der Waals surface area contributed by atoms with Crippen LogP contribution in [-0.2, 0) is 11.3 Å². The van der Waals surface area contributed by atoms with E-state index in [0.717, 1.165) is 11.1 Å². The van der Waals surface area contributed by atoms with Gasteiger partial charge in [0.15, 0.2) is 0 Å². The Kier molecular flexibility index (Phi) is 6.46. The third-order valence-corrected chi connectivity index (χ3v) is 3.61. The van der Waals surface area contributed by atoms with E-state index >= 15 is 0 Å². The highest BCUT2D eigenvalue weighted by molar-refractivity contribution is 5.94. The molecule has 0 radical (unpaired) electrons. The Hall–Kier alpha value is -2.24. The molecular formula is C19H22FNO3. The summed E-state index contributed by atoms with van der Waals surface area (Å²) < 4.78 is 19.3. The maximum Gasteiger partial charge on any atom is 0.256 e. The summed E-state index contributed by atoms with van der Waals surface area (Å²) in [7, 11) is 1.53. The summed E-state index contributed by atoms with van der Waals surface area (Å²) in [5, 5.41) is 9.99. The minimum atomic E-state index is -0.837. The first kappa shape index (κ1) is 18.1. The van der Waals surface area contributed by atoms with Crippen LogP contribution in [-0.4, -0.2) is 42.2 Å². The number of likely N-dealkylation sites (N-methyl/N-ethyl adjacent to an activating group) is 1. The fourth-order valence-corrected chi connectivity index (χ4v) is 2.34. The highest BCUT2D eigenvalue weighted by Gasteiger charge is 2.18. The predicted molar refractivity (Wildman–Crippen MR) is 90.2 cm³/mol. The standard InChI is InChI=1S/C19H22FNO3/c1-14-8-9-17(18(20)10-14)19(23)21(2)11-16(22)13-24-12-15-6-4-3-5-7-15/h3-10,16,22H,11-13H2,1-2H3. The second-order valence-corrected chi connectivity index (χ2v) is 5.82. The van der Waals surface area contributed by atoms with Crippen molar-refractivity contribution in [3.05, 3.63) is 71.0 Å². The molecule has 0 aliphatic rings. The molecule has 0 heterocycles. The van der Waals surface area contributed by atoms with Gasteiger partial charge in [0.2, 0.25) is 0 Å². The monoisotopic (exact) mass is 331 g/mol. The summed E-state index contributed by atoms with van der Waals surface area (Å²) in [5.41, 5.74) is 1.76. The molecule has 0 aromatic heterocycles. The summed E-state index contributed by atoms with van der Waals surface area (Å²) in [6.45, 7) is 2.32. The van der Waals surface area contributed by atoms with Crippen LogP contribution in [0.1, 0.15) is 21.5 Å². The van der Waals surface area contributed by atoms with Gasteiger partial charge in [-0.25, -0.2) is 4.39 Å². The lowest BCUT2D eigenvalue weighted by Gasteiger charge is -2.21. The molecule has 5 heteroatoms. The minimum absolute atomic E-state index is 0.000467. The van der Waals surface area contributed by atoms with Crippen molar-refractivity contribution in [2.75, 3.05) is 20.2 Å². The lowest BCUT2D eigenvalue weighted by molar-refractivity contribution is 0.0136. The quantitative estimate of drug-likeness (QED) is 0.849. The fourth-order valence-electron chi connectivity index (χ4n) is 2.34. The Balaban J connectivity index is 1.82. The molecule has 0 aliphatic carbocycles. The van der Waals surface area contributed by atoms with Crippen molar-refractivity contribution in [3.8, 4) is 0 Å². The van der Waals surface area contributed by atoms with Gasteiger partial charge in [0, 0.05) is 13.6 Å². The highest BCUT2D eigenvalue weighted by Crippen LogP contribution is 2.12. The number of benzene rings is 2. The average molecular weight is 331 g/mol. The van der Waals surface area contributed by atoms with E-state index < -0.39 is 17.8 Å². The molecule has 0 fully saturated rings. The first-order chi connectivity index (χ1) is 11.5. The van der Waals surface area contributed by atoms with Crippen molar-refractivity contribution < 1.29 is 19.0 Å². The largest absolute Gasteiger partial charge is 0.389 e. The molecule has 2 rings (SSSR count). The van der Waals surface area contributed by atoms with E-state index in [1.54, 1.807) is 13.0 Å². The maximum absolute atomic E-state index is 13.9. The molecule has 2 aromatic rings. The number of rotatable bonds is 7. The molecule has 1 amide bonds. The van der Waals surface area contributed by atoms with Crippen molar-refractivity contribution in [1.82, 2.24) is 4.90 Å². The van der Waals surface area contributed by atoms with Crippen LogP contribution in [0, 0.1) is 12.7 Å². The van der Waals surface area contributed by atoms with E-state index in [1.807, 2.05) is 30.3 Å². The van der Waals surface area contributed by atoms with Crippen LogP contribution in [0.15, 0.2) is 48.5 Å². The van der Waals surface area contributed by atoms with E-state index in [4.69, 9.17) is 4.74 Å². The van der Waals surface area contributed by atoms with Crippen molar-refractivity contribution in [2.24, 2.45) is 0 Å². The predicted octanol–water partition coefficient (Wildman–Crippen LogP) is 2.78. The molecule has 0 spiro atoms. The van der Waals surface area contributed by atoms with Crippen molar-refractivity contribution in [1.29, 1.82) is 0 Å². The van der Waals surface area contributed by atoms with Gasteiger partial charge >= 0.3 is 0 Å². The number of carbonyl (C=O) groups excluding carboxylic acids is 1. The van der Waals surface area contributed by atoms with Gasteiger partial charge in [-0.05, 0) is 30.2 Å². The zero-order chi connectivity index (χ0) is 17.5. The van der Waals surface area contributed by atoms with Gasteiger partial charge in [-0.15, -0.1) is 0 Å². The number of ether oxygens (including phenoxy) is 1. The lowest BCUT2D eigenvalue weighted by Crippen LogP contribution is -2.36. The number of carbonyl (C=O) groups is 1. The SMILES string of the molecule is Cc1ccc(C(=O)N(C)CC(O)COCc2ccccc2)c(F)c1. The van der Waals surface area contributed by atoms with Gasteiger partial charge in [-0.1, -0.05) is 36.4 Å². The second kappa shape index (κ2) is 8.57. The minimum Gasteiger partial charge on any atom is -0.389 e. The van der Waals surface area contributed by atoms with Gasteiger partial charge in [0.25, 0.3) is 5.91 Å². The van der Waals surface area contributed by atoms with Crippen LogP contribution in [0.5, 0.6) is 0 Å². The number of aliphatic hydroxyl groups is 1. The zero-order valence-corrected chi connectivity index (χ0v) is 13.9. The van der Waals surface area contributed by atoms with E-state index in [-0.39, 0.29) is 18.7 Å². The molecule has 2 aromatic carbocycles. The smallest absolute Gasteiger partial charge is 0.256 e. The molecule has 0 aliphatic heterocycles.